The number of aromatic nitrogens is 6. The molecule has 0 aromatic carbocycles. The number of nitrogens with zero attached hydrogens (tertiary/aromatic N) is 6. The summed E-state index contributed by atoms with van der Waals surface area (Å²) in [7, 11) is 0. The Labute approximate surface area is 117 Å². The standard InChI is InChI=1S/C12H19N7O/c1-10(2)7-18-8-13-5-11(18)6-14-12(20)3-4-19-9-15-16-17-19/h5,8-10H,3-4,6-7H2,1-2H3,(H,14,20). The van der Waals surface area contributed by atoms with Crippen LogP contribution in [0.1, 0.15) is 26.0 Å². The molecule has 0 aliphatic carbocycles. The van der Waals surface area contributed by atoms with E-state index in [0.29, 0.717) is 25.4 Å². The Bertz CT molecular complexity index is 532. The Morgan fingerprint density at radius 3 is 2.95 bits per heavy atom. The maximum absolute atomic E-state index is 11.7. The van der Waals surface area contributed by atoms with E-state index in [1.165, 1.54) is 11.0 Å². The van der Waals surface area contributed by atoms with Crippen molar-refractivity contribution in [2.24, 2.45) is 5.92 Å². The van der Waals surface area contributed by atoms with Crippen molar-refractivity contribution >= 4 is 5.91 Å². The third-order valence-electron chi connectivity index (χ3n) is 2.79. The first-order chi connectivity index (χ1) is 9.65. The van der Waals surface area contributed by atoms with Crippen LogP contribution in [-0.4, -0.2) is 35.7 Å². The van der Waals surface area contributed by atoms with Gasteiger partial charge in [-0.15, -0.1) is 5.10 Å². The molecule has 0 bridgehead atoms. The molecule has 0 atom stereocenters. The number of tetrazole rings is 1. The highest BCUT2D eigenvalue weighted by molar-refractivity contribution is 5.75. The van der Waals surface area contributed by atoms with E-state index < -0.39 is 0 Å². The van der Waals surface area contributed by atoms with Gasteiger partial charge in [-0.2, -0.15) is 0 Å². The van der Waals surface area contributed by atoms with Crippen LogP contribution in [0.5, 0.6) is 0 Å². The van der Waals surface area contributed by atoms with Crippen molar-refractivity contribution in [2.45, 2.75) is 39.9 Å². The Morgan fingerprint density at radius 2 is 2.25 bits per heavy atom. The van der Waals surface area contributed by atoms with Crippen molar-refractivity contribution in [1.29, 1.82) is 0 Å². The fourth-order valence-electron chi connectivity index (χ4n) is 1.83. The number of aryl methyl sites for hydroxylation is 1. The fraction of sp³-hybridized carbons (Fsp3) is 0.583. The average molecular weight is 277 g/mol. The molecule has 8 heteroatoms. The van der Waals surface area contributed by atoms with Crippen molar-refractivity contribution in [3.63, 3.8) is 0 Å². The second-order valence-corrected chi connectivity index (χ2v) is 5.03. The van der Waals surface area contributed by atoms with Gasteiger partial charge in [0.25, 0.3) is 0 Å². The zero-order chi connectivity index (χ0) is 14.4. The molecule has 0 spiro atoms. The average Bonchev–Trinajstić information content (AvgIpc) is 3.04. The van der Waals surface area contributed by atoms with E-state index in [-0.39, 0.29) is 5.91 Å². The molecule has 0 saturated heterocycles. The van der Waals surface area contributed by atoms with E-state index in [0.717, 1.165) is 12.2 Å². The largest absolute Gasteiger partial charge is 0.350 e. The molecule has 1 N–H and O–H groups in total. The van der Waals surface area contributed by atoms with Gasteiger partial charge < -0.3 is 9.88 Å². The lowest BCUT2D eigenvalue weighted by Gasteiger charge is -2.11. The van der Waals surface area contributed by atoms with Crippen molar-refractivity contribution < 1.29 is 4.79 Å². The summed E-state index contributed by atoms with van der Waals surface area (Å²) in [5.74, 6) is 0.510. The van der Waals surface area contributed by atoms with Crippen LogP contribution in [-0.2, 0) is 24.4 Å². The summed E-state index contributed by atoms with van der Waals surface area (Å²) in [6.45, 7) is 6.16. The Morgan fingerprint density at radius 1 is 1.40 bits per heavy atom. The number of amides is 1. The van der Waals surface area contributed by atoms with Crippen LogP contribution in [0.15, 0.2) is 18.9 Å². The first-order valence-corrected chi connectivity index (χ1v) is 6.61. The van der Waals surface area contributed by atoms with Gasteiger partial charge in [-0.05, 0) is 16.3 Å². The molecule has 0 unspecified atom stereocenters. The molecule has 0 radical (unpaired) electrons. The number of nitrogens with one attached hydrogen (secondary N) is 1. The van der Waals surface area contributed by atoms with Crippen molar-refractivity contribution in [3.8, 4) is 0 Å². The molecular formula is C12H19N7O. The Hall–Kier alpha value is -2.25. The van der Waals surface area contributed by atoms with E-state index in [1.807, 2.05) is 0 Å². The third kappa shape index (κ3) is 4.15. The summed E-state index contributed by atoms with van der Waals surface area (Å²) < 4.78 is 3.59. The van der Waals surface area contributed by atoms with Crippen LogP contribution in [0, 0.1) is 5.92 Å². The van der Waals surface area contributed by atoms with Crippen molar-refractivity contribution in [2.75, 3.05) is 0 Å². The second kappa shape index (κ2) is 6.78. The molecule has 2 aromatic heterocycles. The first kappa shape index (κ1) is 14.2. The number of hydrogen-bond donors (Lipinski definition) is 1. The molecule has 20 heavy (non-hydrogen) atoms. The summed E-state index contributed by atoms with van der Waals surface area (Å²) in [4.78, 5) is 15.9. The van der Waals surface area contributed by atoms with Crippen LogP contribution in [0.2, 0.25) is 0 Å². The van der Waals surface area contributed by atoms with Crippen LogP contribution >= 0.6 is 0 Å². The van der Waals surface area contributed by atoms with Crippen molar-refractivity contribution in [3.05, 3.63) is 24.5 Å². The summed E-state index contributed by atoms with van der Waals surface area (Å²) in [6.07, 6.45) is 5.42. The molecule has 2 heterocycles. The van der Waals surface area contributed by atoms with Crippen LogP contribution in [0.4, 0.5) is 0 Å². The minimum Gasteiger partial charge on any atom is -0.350 e. The highest BCUT2D eigenvalue weighted by Gasteiger charge is 2.07. The number of hydrogen-bond acceptors (Lipinski definition) is 5. The maximum atomic E-state index is 11.7. The number of rotatable bonds is 7. The molecule has 0 saturated carbocycles. The van der Waals surface area contributed by atoms with E-state index in [9.17, 15) is 4.79 Å². The molecule has 0 fully saturated rings. The van der Waals surface area contributed by atoms with Gasteiger partial charge in [-0.1, -0.05) is 13.8 Å². The lowest BCUT2D eigenvalue weighted by Crippen LogP contribution is -2.25. The quantitative estimate of drug-likeness (QED) is 0.782. The monoisotopic (exact) mass is 277 g/mol. The molecule has 2 aromatic rings. The highest BCUT2D eigenvalue weighted by atomic mass is 16.1. The topological polar surface area (TPSA) is 90.5 Å². The van der Waals surface area contributed by atoms with Gasteiger partial charge in [0.15, 0.2) is 0 Å². The van der Waals surface area contributed by atoms with Gasteiger partial charge >= 0.3 is 0 Å². The van der Waals surface area contributed by atoms with E-state index in [4.69, 9.17) is 0 Å². The van der Waals surface area contributed by atoms with Gasteiger partial charge in [0.2, 0.25) is 5.91 Å². The van der Waals surface area contributed by atoms with Gasteiger partial charge in [-0.25, -0.2) is 9.67 Å². The third-order valence-corrected chi connectivity index (χ3v) is 2.79. The summed E-state index contributed by atoms with van der Waals surface area (Å²) in [6, 6.07) is 0. The van der Waals surface area contributed by atoms with Crippen LogP contribution < -0.4 is 5.32 Å². The maximum Gasteiger partial charge on any atom is 0.222 e. The molecule has 2 rings (SSSR count). The number of imidazole rings is 1. The van der Waals surface area contributed by atoms with Crippen LogP contribution in [0.3, 0.4) is 0 Å². The fourth-order valence-corrected chi connectivity index (χ4v) is 1.83. The lowest BCUT2D eigenvalue weighted by molar-refractivity contribution is -0.121. The Kier molecular flexibility index (Phi) is 4.80. The minimum absolute atomic E-state index is 0.0298. The van der Waals surface area contributed by atoms with Gasteiger partial charge in [0.1, 0.15) is 6.33 Å². The van der Waals surface area contributed by atoms with E-state index in [1.54, 1.807) is 12.5 Å². The highest BCUT2D eigenvalue weighted by Crippen LogP contribution is 2.04. The lowest BCUT2D eigenvalue weighted by atomic mass is 10.2. The van der Waals surface area contributed by atoms with Crippen LogP contribution in [0.25, 0.3) is 0 Å². The molecule has 108 valence electrons. The Balaban J connectivity index is 1.77. The summed E-state index contributed by atoms with van der Waals surface area (Å²) in [5, 5.41) is 13.6. The second-order valence-electron chi connectivity index (χ2n) is 5.03. The molecule has 0 aliphatic heterocycles. The predicted octanol–water partition coefficient (Wildman–Crippen LogP) is 0.232. The molecule has 8 nitrogen and oxygen atoms in total. The SMILES string of the molecule is CC(C)Cn1cncc1CNC(=O)CCn1cnnn1. The zero-order valence-electron chi connectivity index (χ0n) is 11.7. The number of carbonyl (C=O) groups is 1. The van der Waals surface area contributed by atoms with Gasteiger partial charge in [0, 0.05) is 19.2 Å². The molecule has 0 aliphatic rings. The predicted molar refractivity (Wildman–Crippen MR) is 71.3 cm³/mol. The number of carbonyl (C=O) groups excluding carboxylic acids is 1. The minimum atomic E-state index is -0.0298. The summed E-state index contributed by atoms with van der Waals surface area (Å²) >= 11 is 0. The first-order valence-electron chi connectivity index (χ1n) is 6.61. The van der Waals surface area contributed by atoms with E-state index in [2.05, 4.69) is 44.2 Å². The smallest absolute Gasteiger partial charge is 0.222 e. The van der Waals surface area contributed by atoms with Crippen molar-refractivity contribution in [1.82, 2.24) is 35.1 Å². The van der Waals surface area contributed by atoms with Gasteiger partial charge in [-0.3, -0.25) is 4.79 Å². The zero-order valence-corrected chi connectivity index (χ0v) is 11.7. The van der Waals surface area contributed by atoms with Gasteiger partial charge in [0.05, 0.1) is 25.1 Å². The molecular weight excluding hydrogens is 258 g/mol. The normalized spacial score (nSPS) is 10.9. The molecule has 1 amide bonds. The van der Waals surface area contributed by atoms with E-state index >= 15 is 0 Å². The summed E-state index contributed by atoms with van der Waals surface area (Å²) in [5.41, 5.74) is 1.01.